The topological polar surface area (TPSA) is 29.5 Å². The molecule has 2 aromatic carbocycles. The van der Waals surface area contributed by atoms with Gasteiger partial charge in [-0.1, -0.05) is 53.6 Å². The molecule has 0 saturated heterocycles. The number of carbonyl (C=O) groups excluding carboxylic acids is 1. The predicted molar refractivity (Wildman–Crippen MR) is 109 cm³/mol. The van der Waals surface area contributed by atoms with Crippen molar-refractivity contribution in [1.29, 1.82) is 0 Å². The zero-order valence-corrected chi connectivity index (χ0v) is 15.8. The van der Waals surface area contributed by atoms with Crippen LogP contribution in [-0.2, 0) is 4.74 Å². The summed E-state index contributed by atoms with van der Waals surface area (Å²) in [5.41, 5.74) is 4.12. The zero-order valence-electron chi connectivity index (χ0n) is 15.8. The molecule has 0 unspecified atom stereocenters. The van der Waals surface area contributed by atoms with Crippen LogP contribution in [0.3, 0.4) is 0 Å². The summed E-state index contributed by atoms with van der Waals surface area (Å²) in [4.78, 5) is 14.3. The van der Waals surface area contributed by atoms with Crippen LogP contribution >= 0.6 is 0 Å². The lowest BCUT2D eigenvalue weighted by molar-refractivity contribution is 0.168. The second-order valence-corrected chi connectivity index (χ2v) is 6.45. The quantitative estimate of drug-likeness (QED) is 0.523. The molecule has 1 amide bonds. The molecule has 0 aromatic heterocycles. The molecule has 0 saturated carbocycles. The maximum Gasteiger partial charge on any atom is 0.419 e. The van der Waals surface area contributed by atoms with Crippen LogP contribution in [-0.4, -0.2) is 12.7 Å². The highest BCUT2D eigenvalue weighted by Gasteiger charge is 2.18. The summed E-state index contributed by atoms with van der Waals surface area (Å²) in [7, 11) is 0. The van der Waals surface area contributed by atoms with E-state index >= 15 is 0 Å². The highest BCUT2D eigenvalue weighted by atomic mass is 16.6. The molecular weight excluding hydrogens is 322 g/mol. The van der Waals surface area contributed by atoms with E-state index < -0.39 is 0 Å². The van der Waals surface area contributed by atoms with Gasteiger partial charge in [0.05, 0.1) is 11.4 Å². The molecule has 26 heavy (non-hydrogen) atoms. The van der Waals surface area contributed by atoms with E-state index in [1.165, 1.54) is 11.1 Å². The molecule has 0 aliphatic heterocycles. The summed E-state index contributed by atoms with van der Waals surface area (Å²) in [5.74, 6) is 0. The fourth-order valence-electron chi connectivity index (χ4n) is 2.52. The Balaban J connectivity index is 2.03. The van der Waals surface area contributed by atoms with Crippen LogP contribution < -0.4 is 4.90 Å². The molecule has 0 bridgehead atoms. The summed E-state index contributed by atoms with van der Waals surface area (Å²) >= 11 is 0. The van der Waals surface area contributed by atoms with Crippen LogP contribution in [0.5, 0.6) is 0 Å². The van der Waals surface area contributed by atoms with Gasteiger partial charge in [-0.05, 0) is 64.0 Å². The number of benzene rings is 2. The molecule has 2 aromatic rings. The van der Waals surface area contributed by atoms with Crippen LogP contribution in [0.2, 0.25) is 0 Å². The lowest BCUT2D eigenvalue weighted by atomic mass is 10.1. The third-order valence-electron chi connectivity index (χ3n) is 3.94. The lowest BCUT2D eigenvalue weighted by Gasteiger charge is -2.22. The van der Waals surface area contributed by atoms with Crippen LogP contribution in [0.15, 0.2) is 84.0 Å². The second-order valence-electron chi connectivity index (χ2n) is 6.45. The van der Waals surface area contributed by atoms with E-state index in [0.717, 1.165) is 24.2 Å². The fraction of sp³-hybridized carbons (Fsp3) is 0.261. The normalized spacial score (nSPS) is 11.0. The van der Waals surface area contributed by atoms with E-state index in [2.05, 4.69) is 26.8 Å². The molecule has 0 N–H and O–H groups in total. The number of rotatable bonds is 7. The third-order valence-corrected chi connectivity index (χ3v) is 3.94. The Morgan fingerprint density at radius 1 is 0.885 bits per heavy atom. The number of amides is 1. The SMILES string of the molecule is CC(C)=CCCC(C)=CCOC(=O)N(c1ccccc1)c1ccccc1. The molecule has 0 aliphatic rings. The van der Waals surface area contributed by atoms with Gasteiger partial charge in [0.25, 0.3) is 0 Å². The monoisotopic (exact) mass is 349 g/mol. The minimum Gasteiger partial charge on any atom is -0.445 e. The lowest BCUT2D eigenvalue weighted by Crippen LogP contribution is -2.26. The van der Waals surface area contributed by atoms with Crippen molar-refractivity contribution in [3.63, 3.8) is 0 Å². The molecule has 3 heteroatoms. The van der Waals surface area contributed by atoms with E-state index in [-0.39, 0.29) is 12.7 Å². The molecule has 3 nitrogen and oxygen atoms in total. The van der Waals surface area contributed by atoms with Gasteiger partial charge in [0.15, 0.2) is 0 Å². The van der Waals surface area contributed by atoms with Crippen molar-refractivity contribution in [2.45, 2.75) is 33.6 Å². The first kappa shape index (κ1) is 19.5. The summed E-state index contributed by atoms with van der Waals surface area (Å²) in [6.45, 7) is 6.54. The van der Waals surface area contributed by atoms with Crippen molar-refractivity contribution in [3.8, 4) is 0 Å². The minimum absolute atomic E-state index is 0.273. The highest BCUT2D eigenvalue weighted by Crippen LogP contribution is 2.25. The standard InChI is InChI=1S/C23H27NO2/c1-19(2)11-10-12-20(3)17-18-26-23(25)24(21-13-6-4-7-14-21)22-15-8-5-9-16-22/h4-9,11,13-17H,10,12,18H2,1-3H3. The van der Waals surface area contributed by atoms with Gasteiger partial charge in [-0.2, -0.15) is 0 Å². The van der Waals surface area contributed by atoms with Crippen LogP contribution in [0.4, 0.5) is 16.2 Å². The van der Waals surface area contributed by atoms with E-state index in [1.54, 1.807) is 4.90 Å². The molecule has 0 fully saturated rings. The van der Waals surface area contributed by atoms with Crippen molar-refractivity contribution < 1.29 is 9.53 Å². The molecule has 2 rings (SSSR count). The average Bonchev–Trinajstić information content (AvgIpc) is 2.63. The van der Waals surface area contributed by atoms with Crippen molar-refractivity contribution in [3.05, 3.63) is 84.0 Å². The third kappa shape index (κ3) is 6.25. The molecule has 0 radical (unpaired) electrons. The zero-order chi connectivity index (χ0) is 18.8. The molecule has 0 aliphatic carbocycles. The van der Waals surface area contributed by atoms with Gasteiger partial charge in [-0.15, -0.1) is 0 Å². The molecule has 0 atom stereocenters. The number of hydrogen-bond donors (Lipinski definition) is 0. The van der Waals surface area contributed by atoms with E-state index in [4.69, 9.17) is 4.74 Å². The first-order chi connectivity index (χ1) is 12.6. The van der Waals surface area contributed by atoms with Gasteiger partial charge in [0, 0.05) is 0 Å². The van der Waals surface area contributed by atoms with Gasteiger partial charge in [0.1, 0.15) is 6.61 Å². The largest absolute Gasteiger partial charge is 0.445 e. The molecule has 136 valence electrons. The second kappa shape index (κ2) is 10.2. The summed E-state index contributed by atoms with van der Waals surface area (Å²) in [5, 5.41) is 0. The molecule has 0 spiro atoms. The number of ether oxygens (including phenoxy) is 1. The predicted octanol–water partition coefficient (Wildman–Crippen LogP) is 6.65. The van der Waals surface area contributed by atoms with Crippen LogP contribution in [0, 0.1) is 0 Å². The van der Waals surface area contributed by atoms with Crippen molar-refractivity contribution in [2.75, 3.05) is 11.5 Å². The smallest absolute Gasteiger partial charge is 0.419 e. The number of anilines is 2. The number of allylic oxidation sites excluding steroid dienone is 3. The Morgan fingerprint density at radius 2 is 1.42 bits per heavy atom. The summed E-state index contributed by atoms with van der Waals surface area (Å²) in [6.07, 6.45) is 5.80. The van der Waals surface area contributed by atoms with E-state index in [9.17, 15) is 4.79 Å². The van der Waals surface area contributed by atoms with Crippen LogP contribution in [0.25, 0.3) is 0 Å². The fourth-order valence-corrected chi connectivity index (χ4v) is 2.52. The van der Waals surface area contributed by atoms with Crippen molar-refractivity contribution >= 4 is 17.5 Å². The van der Waals surface area contributed by atoms with Gasteiger partial charge >= 0.3 is 6.09 Å². The number of nitrogens with zero attached hydrogens (tertiary/aromatic N) is 1. The Morgan fingerprint density at radius 3 is 1.92 bits per heavy atom. The Bertz CT molecular complexity index is 705. The maximum absolute atomic E-state index is 12.7. The van der Waals surface area contributed by atoms with E-state index in [1.807, 2.05) is 66.7 Å². The Hall–Kier alpha value is -2.81. The number of para-hydroxylation sites is 2. The summed E-state index contributed by atoms with van der Waals surface area (Å²) < 4.78 is 5.51. The van der Waals surface area contributed by atoms with Gasteiger partial charge in [-0.3, -0.25) is 0 Å². The first-order valence-electron chi connectivity index (χ1n) is 8.94. The Kier molecular flexibility index (Phi) is 7.69. The minimum atomic E-state index is -0.379. The van der Waals surface area contributed by atoms with E-state index in [0.29, 0.717) is 0 Å². The van der Waals surface area contributed by atoms with Crippen molar-refractivity contribution in [1.82, 2.24) is 0 Å². The molecule has 0 heterocycles. The Labute approximate surface area is 156 Å². The summed E-state index contributed by atoms with van der Waals surface area (Å²) in [6, 6.07) is 19.1. The number of carbonyl (C=O) groups is 1. The van der Waals surface area contributed by atoms with Gasteiger partial charge in [0.2, 0.25) is 0 Å². The van der Waals surface area contributed by atoms with Crippen molar-refractivity contribution in [2.24, 2.45) is 0 Å². The van der Waals surface area contributed by atoms with Gasteiger partial charge < -0.3 is 4.74 Å². The maximum atomic E-state index is 12.7. The first-order valence-corrected chi connectivity index (χ1v) is 8.94. The highest BCUT2D eigenvalue weighted by molar-refractivity contribution is 5.95. The molecular formula is C23H27NO2. The van der Waals surface area contributed by atoms with Gasteiger partial charge in [-0.25, -0.2) is 9.69 Å². The van der Waals surface area contributed by atoms with Crippen LogP contribution in [0.1, 0.15) is 33.6 Å². The number of hydrogen-bond acceptors (Lipinski definition) is 2. The average molecular weight is 349 g/mol.